The van der Waals surface area contributed by atoms with Crippen LogP contribution in [-0.4, -0.2) is 19.9 Å². The maximum atomic E-state index is 5.15. The standard InChI is InChI=1S/C17H21NOS.ClH/c1-19-16-7-3-14(4-8-16)11-12-18-13-15-5-9-17(20-2)10-6-15;/h3-10,18H,11-13H2,1-2H3;1H/p-1. The van der Waals surface area contributed by atoms with E-state index in [0.717, 1.165) is 25.3 Å². The molecule has 2 aromatic rings. The van der Waals surface area contributed by atoms with Crippen molar-refractivity contribution in [2.24, 2.45) is 0 Å². The maximum Gasteiger partial charge on any atom is 0.118 e. The number of hydrogen-bond donors (Lipinski definition) is 1. The largest absolute Gasteiger partial charge is 1.00 e. The van der Waals surface area contributed by atoms with Crippen molar-refractivity contribution in [2.75, 3.05) is 19.9 Å². The van der Waals surface area contributed by atoms with Gasteiger partial charge in [-0.2, -0.15) is 0 Å². The summed E-state index contributed by atoms with van der Waals surface area (Å²) in [5.74, 6) is 0.913. The average molecular weight is 323 g/mol. The Bertz CT molecular complexity index is 464. The molecule has 0 spiro atoms. The van der Waals surface area contributed by atoms with E-state index in [4.69, 9.17) is 4.74 Å². The highest BCUT2D eigenvalue weighted by atomic mass is 35.5. The number of hydrogen-bond acceptors (Lipinski definition) is 3. The predicted octanol–water partition coefficient (Wildman–Crippen LogP) is 0.753. The van der Waals surface area contributed by atoms with Crippen molar-refractivity contribution in [3.63, 3.8) is 0 Å². The summed E-state index contributed by atoms with van der Waals surface area (Å²) in [6, 6.07) is 17.0. The first-order valence-electron chi connectivity index (χ1n) is 6.78. The van der Waals surface area contributed by atoms with E-state index in [1.54, 1.807) is 18.9 Å². The Morgan fingerprint density at radius 2 is 1.57 bits per heavy atom. The Morgan fingerprint density at radius 3 is 2.14 bits per heavy atom. The number of benzene rings is 2. The highest BCUT2D eigenvalue weighted by Gasteiger charge is 1.96. The van der Waals surface area contributed by atoms with Gasteiger partial charge >= 0.3 is 0 Å². The average Bonchev–Trinajstić information content (AvgIpc) is 2.53. The van der Waals surface area contributed by atoms with Gasteiger partial charge in [-0.05, 0) is 54.6 Å². The lowest BCUT2D eigenvalue weighted by Crippen LogP contribution is -3.00. The van der Waals surface area contributed by atoms with Gasteiger partial charge < -0.3 is 22.5 Å². The molecule has 0 unspecified atom stereocenters. The van der Waals surface area contributed by atoms with Crippen molar-refractivity contribution in [3.8, 4) is 5.75 Å². The molecule has 0 heterocycles. The number of methoxy groups -OCH3 is 1. The lowest BCUT2D eigenvalue weighted by Gasteiger charge is -2.06. The molecular formula is C17H21ClNOS-. The van der Waals surface area contributed by atoms with Gasteiger partial charge in [0.15, 0.2) is 0 Å². The molecule has 2 nitrogen and oxygen atoms in total. The number of rotatable bonds is 7. The zero-order chi connectivity index (χ0) is 14.2. The second-order valence-corrected chi connectivity index (χ2v) is 5.50. The molecule has 0 aromatic heterocycles. The van der Waals surface area contributed by atoms with Crippen LogP contribution in [0.25, 0.3) is 0 Å². The van der Waals surface area contributed by atoms with Crippen LogP contribution in [0.4, 0.5) is 0 Å². The molecule has 2 aromatic carbocycles. The number of nitrogens with one attached hydrogen (secondary N) is 1. The van der Waals surface area contributed by atoms with Crippen LogP contribution in [0.15, 0.2) is 53.4 Å². The van der Waals surface area contributed by atoms with Crippen LogP contribution in [-0.2, 0) is 13.0 Å². The van der Waals surface area contributed by atoms with E-state index < -0.39 is 0 Å². The molecule has 0 radical (unpaired) electrons. The van der Waals surface area contributed by atoms with E-state index in [1.165, 1.54) is 16.0 Å². The summed E-state index contributed by atoms with van der Waals surface area (Å²) in [4.78, 5) is 1.31. The Kier molecular flexibility index (Phi) is 8.28. The zero-order valence-electron chi connectivity index (χ0n) is 12.4. The highest BCUT2D eigenvalue weighted by molar-refractivity contribution is 7.98. The third-order valence-corrected chi connectivity index (χ3v) is 3.98. The van der Waals surface area contributed by atoms with E-state index in [-0.39, 0.29) is 12.4 Å². The Hall–Kier alpha value is -1.16. The molecule has 1 N–H and O–H groups in total. The molecule has 0 saturated heterocycles. The lowest BCUT2D eigenvalue weighted by atomic mass is 10.1. The molecule has 0 fully saturated rings. The molecule has 0 amide bonds. The molecule has 4 heteroatoms. The monoisotopic (exact) mass is 322 g/mol. The normalized spacial score (nSPS) is 10.0. The van der Waals surface area contributed by atoms with Crippen LogP contribution in [0.5, 0.6) is 5.75 Å². The summed E-state index contributed by atoms with van der Waals surface area (Å²) in [5, 5.41) is 3.48. The summed E-state index contributed by atoms with van der Waals surface area (Å²) in [6.45, 7) is 1.90. The summed E-state index contributed by atoms with van der Waals surface area (Å²) in [6.07, 6.45) is 3.13. The smallest absolute Gasteiger partial charge is 0.118 e. The fourth-order valence-corrected chi connectivity index (χ4v) is 2.41. The first-order chi connectivity index (χ1) is 9.81. The molecule has 0 aliphatic rings. The SMILES string of the molecule is COc1ccc(CCNCc2ccc(SC)cc2)cc1.[Cl-]. The van der Waals surface area contributed by atoms with Crippen molar-refractivity contribution >= 4 is 11.8 Å². The molecule has 0 aliphatic carbocycles. The first kappa shape index (κ1) is 17.9. The van der Waals surface area contributed by atoms with E-state index in [1.807, 2.05) is 12.1 Å². The summed E-state index contributed by atoms with van der Waals surface area (Å²) in [7, 11) is 1.69. The van der Waals surface area contributed by atoms with Crippen LogP contribution >= 0.6 is 11.8 Å². The number of ether oxygens (including phenoxy) is 1. The van der Waals surface area contributed by atoms with Crippen LogP contribution in [0.1, 0.15) is 11.1 Å². The number of halogens is 1. The van der Waals surface area contributed by atoms with Crippen LogP contribution < -0.4 is 22.5 Å². The van der Waals surface area contributed by atoms with Crippen LogP contribution in [0, 0.1) is 0 Å². The second-order valence-electron chi connectivity index (χ2n) is 4.62. The van der Waals surface area contributed by atoms with E-state index in [2.05, 4.69) is 48.0 Å². The Balaban J connectivity index is 0.00000220. The molecule has 0 bridgehead atoms. The third-order valence-electron chi connectivity index (χ3n) is 3.24. The van der Waals surface area contributed by atoms with Gasteiger partial charge in [0.05, 0.1) is 7.11 Å². The van der Waals surface area contributed by atoms with E-state index in [0.29, 0.717) is 0 Å². The van der Waals surface area contributed by atoms with Gasteiger partial charge in [0.25, 0.3) is 0 Å². The van der Waals surface area contributed by atoms with Crippen molar-refractivity contribution in [1.82, 2.24) is 5.32 Å². The van der Waals surface area contributed by atoms with Crippen molar-refractivity contribution in [2.45, 2.75) is 17.9 Å². The van der Waals surface area contributed by atoms with Gasteiger partial charge in [-0.25, -0.2) is 0 Å². The zero-order valence-corrected chi connectivity index (χ0v) is 14.0. The third kappa shape index (κ3) is 6.00. The van der Waals surface area contributed by atoms with Crippen molar-refractivity contribution < 1.29 is 17.1 Å². The Labute approximate surface area is 137 Å². The fourth-order valence-electron chi connectivity index (χ4n) is 2.00. The fraction of sp³-hybridized carbons (Fsp3) is 0.294. The Morgan fingerprint density at radius 1 is 0.952 bits per heavy atom. The molecule has 0 saturated carbocycles. The van der Waals surface area contributed by atoms with Gasteiger partial charge in [0, 0.05) is 11.4 Å². The summed E-state index contributed by atoms with van der Waals surface area (Å²) < 4.78 is 5.15. The molecule has 0 aliphatic heterocycles. The van der Waals surface area contributed by atoms with Gasteiger partial charge in [-0.1, -0.05) is 24.3 Å². The minimum absolute atomic E-state index is 0. The van der Waals surface area contributed by atoms with Crippen LogP contribution in [0.2, 0.25) is 0 Å². The molecule has 114 valence electrons. The van der Waals surface area contributed by atoms with Gasteiger partial charge in [0.1, 0.15) is 5.75 Å². The molecule has 2 rings (SSSR count). The number of thioether (sulfide) groups is 1. The summed E-state index contributed by atoms with van der Waals surface area (Å²) >= 11 is 1.78. The highest BCUT2D eigenvalue weighted by Crippen LogP contribution is 2.15. The molecular weight excluding hydrogens is 302 g/mol. The van der Waals surface area contributed by atoms with Gasteiger partial charge in [-0.3, -0.25) is 0 Å². The maximum absolute atomic E-state index is 5.15. The van der Waals surface area contributed by atoms with Gasteiger partial charge in [-0.15, -0.1) is 11.8 Å². The quantitative estimate of drug-likeness (QED) is 0.600. The minimum atomic E-state index is 0. The molecule has 0 atom stereocenters. The summed E-state index contributed by atoms with van der Waals surface area (Å²) in [5.41, 5.74) is 2.66. The lowest BCUT2D eigenvalue weighted by molar-refractivity contribution is -0.00000442. The topological polar surface area (TPSA) is 21.3 Å². The van der Waals surface area contributed by atoms with E-state index in [9.17, 15) is 0 Å². The second kappa shape index (κ2) is 9.72. The van der Waals surface area contributed by atoms with Crippen LogP contribution in [0.3, 0.4) is 0 Å². The predicted molar refractivity (Wildman–Crippen MR) is 86.6 cm³/mol. The molecule has 21 heavy (non-hydrogen) atoms. The first-order valence-corrected chi connectivity index (χ1v) is 8.01. The van der Waals surface area contributed by atoms with Crippen molar-refractivity contribution in [1.29, 1.82) is 0 Å². The van der Waals surface area contributed by atoms with E-state index >= 15 is 0 Å². The van der Waals surface area contributed by atoms with Crippen molar-refractivity contribution in [3.05, 3.63) is 59.7 Å². The van der Waals surface area contributed by atoms with Gasteiger partial charge in [0.2, 0.25) is 0 Å². The minimum Gasteiger partial charge on any atom is -1.00 e.